The minimum Gasteiger partial charge on any atom is -0.348 e. The molecule has 0 fully saturated rings. The van der Waals surface area contributed by atoms with E-state index in [1.54, 1.807) is 12.1 Å². The zero-order valence-corrected chi connectivity index (χ0v) is 12.1. The molecule has 0 unspecified atom stereocenters. The first-order valence-corrected chi connectivity index (χ1v) is 6.68. The Balaban J connectivity index is 2.02. The van der Waals surface area contributed by atoms with Crippen molar-refractivity contribution in [2.24, 2.45) is 0 Å². The van der Waals surface area contributed by atoms with Crippen LogP contribution in [-0.2, 0) is 11.3 Å². The van der Waals surface area contributed by atoms with E-state index in [0.717, 1.165) is 10.1 Å². The van der Waals surface area contributed by atoms with Gasteiger partial charge in [-0.25, -0.2) is 4.79 Å². The van der Waals surface area contributed by atoms with Crippen molar-refractivity contribution >= 4 is 17.5 Å². The van der Waals surface area contributed by atoms with Gasteiger partial charge in [0, 0.05) is 17.3 Å². The Morgan fingerprint density at radius 1 is 1.29 bits per heavy atom. The van der Waals surface area contributed by atoms with Crippen LogP contribution in [0.15, 0.2) is 46.1 Å². The highest BCUT2D eigenvalue weighted by Gasteiger charge is 2.10. The van der Waals surface area contributed by atoms with Crippen molar-refractivity contribution in [1.29, 1.82) is 0 Å². The Labute approximate surface area is 125 Å². The van der Waals surface area contributed by atoms with Crippen LogP contribution >= 0.6 is 11.6 Å². The van der Waals surface area contributed by atoms with Crippen LogP contribution in [0.2, 0.25) is 5.02 Å². The third kappa shape index (κ3) is 4.06. The maximum absolute atomic E-state index is 11.9. The van der Waals surface area contributed by atoms with Crippen LogP contribution < -0.4 is 16.6 Å². The van der Waals surface area contributed by atoms with E-state index in [9.17, 15) is 14.4 Å². The average Bonchev–Trinajstić information content (AvgIpc) is 2.42. The molecule has 21 heavy (non-hydrogen) atoms. The number of rotatable bonds is 4. The molecule has 7 heteroatoms. The summed E-state index contributed by atoms with van der Waals surface area (Å²) in [6, 6.07) is 8.10. The number of benzene rings is 1. The smallest absolute Gasteiger partial charge is 0.328 e. The van der Waals surface area contributed by atoms with Crippen LogP contribution in [-0.4, -0.2) is 15.5 Å². The fraction of sp³-hybridized carbons (Fsp3) is 0.214. The zero-order valence-electron chi connectivity index (χ0n) is 11.3. The summed E-state index contributed by atoms with van der Waals surface area (Å²) in [5.41, 5.74) is -0.204. The van der Waals surface area contributed by atoms with E-state index in [-0.39, 0.29) is 18.5 Å². The molecule has 0 radical (unpaired) electrons. The molecule has 0 bridgehead atoms. The number of hydrogen-bond acceptors (Lipinski definition) is 3. The van der Waals surface area contributed by atoms with Gasteiger partial charge in [0.2, 0.25) is 5.91 Å². The number of amides is 1. The van der Waals surface area contributed by atoms with Crippen LogP contribution in [0.3, 0.4) is 0 Å². The van der Waals surface area contributed by atoms with Crippen LogP contribution in [0.25, 0.3) is 0 Å². The number of carbonyl (C=O) groups is 1. The second kappa shape index (κ2) is 6.41. The Morgan fingerprint density at radius 3 is 2.57 bits per heavy atom. The molecule has 110 valence electrons. The quantitative estimate of drug-likeness (QED) is 0.886. The van der Waals surface area contributed by atoms with Gasteiger partial charge >= 0.3 is 5.69 Å². The lowest BCUT2D eigenvalue weighted by Crippen LogP contribution is -2.36. The third-order valence-electron chi connectivity index (χ3n) is 2.96. The molecule has 2 N–H and O–H groups in total. The molecule has 0 aliphatic rings. The lowest BCUT2D eigenvalue weighted by Gasteiger charge is -2.14. The van der Waals surface area contributed by atoms with Gasteiger partial charge in [0.05, 0.1) is 6.04 Å². The van der Waals surface area contributed by atoms with E-state index >= 15 is 0 Å². The summed E-state index contributed by atoms with van der Waals surface area (Å²) in [6.07, 6.45) is 1.29. The summed E-state index contributed by atoms with van der Waals surface area (Å²) in [5, 5.41) is 3.39. The van der Waals surface area contributed by atoms with Gasteiger partial charge in [0.15, 0.2) is 0 Å². The first kappa shape index (κ1) is 15.1. The lowest BCUT2D eigenvalue weighted by molar-refractivity contribution is -0.122. The van der Waals surface area contributed by atoms with Gasteiger partial charge < -0.3 is 5.32 Å². The van der Waals surface area contributed by atoms with Crippen LogP contribution in [0.4, 0.5) is 0 Å². The number of H-pyrrole nitrogens is 1. The molecular formula is C14H14ClN3O3. The van der Waals surface area contributed by atoms with Gasteiger partial charge in [-0.1, -0.05) is 23.7 Å². The van der Waals surface area contributed by atoms with Gasteiger partial charge in [-0.2, -0.15) is 0 Å². The number of hydrogen-bond donors (Lipinski definition) is 2. The predicted octanol–water partition coefficient (Wildman–Crippen LogP) is 1.07. The normalized spacial score (nSPS) is 11.9. The summed E-state index contributed by atoms with van der Waals surface area (Å²) in [4.78, 5) is 36.4. The fourth-order valence-corrected chi connectivity index (χ4v) is 1.97. The van der Waals surface area contributed by atoms with Crippen molar-refractivity contribution in [3.8, 4) is 0 Å². The van der Waals surface area contributed by atoms with E-state index in [4.69, 9.17) is 11.6 Å². The minimum absolute atomic E-state index is 0.159. The van der Waals surface area contributed by atoms with Crippen LogP contribution in [0.1, 0.15) is 18.5 Å². The molecule has 1 aromatic heterocycles. The number of nitrogens with zero attached hydrogens (tertiary/aromatic N) is 1. The lowest BCUT2D eigenvalue weighted by atomic mass is 10.1. The van der Waals surface area contributed by atoms with Crippen LogP contribution in [0.5, 0.6) is 0 Å². The van der Waals surface area contributed by atoms with E-state index in [2.05, 4.69) is 10.3 Å². The highest BCUT2D eigenvalue weighted by atomic mass is 35.5. The molecule has 0 spiro atoms. The molecule has 2 aromatic rings. The van der Waals surface area contributed by atoms with Crippen molar-refractivity contribution in [2.75, 3.05) is 0 Å². The Hall–Kier alpha value is -2.34. The first-order valence-electron chi connectivity index (χ1n) is 6.30. The van der Waals surface area contributed by atoms with Gasteiger partial charge in [0.1, 0.15) is 6.54 Å². The second-order valence-corrected chi connectivity index (χ2v) is 5.02. The number of carbonyl (C=O) groups excluding carboxylic acids is 1. The predicted molar refractivity (Wildman–Crippen MR) is 79.3 cm³/mol. The molecule has 0 saturated carbocycles. The Morgan fingerprint density at radius 2 is 1.95 bits per heavy atom. The number of halogens is 1. The average molecular weight is 308 g/mol. The van der Waals surface area contributed by atoms with Gasteiger partial charge in [0.25, 0.3) is 5.56 Å². The molecule has 6 nitrogen and oxygen atoms in total. The van der Waals surface area contributed by atoms with Crippen molar-refractivity contribution in [2.45, 2.75) is 19.5 Å². The summed E-state index contributed by atoms with van der Waals surface area (Å²) in [5.74, 6) is -0.327. The Kier molecular flexibility index (Phi) is 4.59. The topological polar surface area (TPSA) is 84.0 Å². The van der Waals surface area contributed by atoms with E-state index < -0.39 is 11.2 Å². The Bertz CT molecular complexity index is 749. The fourth-order valence-electron chi connectivity index (χ4n) is 1.85. The van der Waals surface area contributed by atoms with Gasteiger partial charge in [-0.15, -0.1) is 0 Å². The van der Waals surface area contributed by atoms with Crippen molar-refractivity contribution in [1.82, 2.24) is 14.9 Å². The molecule has 1 atom stereocenters. The monoisotopic (exact) mass is 307 g/mol. The highest BCUT2D eigenvalue weighted by Crippen LogP contribution is 2.15. The van der Waals surface area contributed by atoms with Crippen molar-refractivity contribution < 1.29 is 4.79 Å². The first-order chi connectivity index (χ1) is 9.95. The standard InChI is InChI=1S/C14H14ClN3O3/c1-9(10-2-4-11(15)5-3-10)16-13(20)8-18-7-6-12(19)17-14(18)21/h2-7,9H,8H2,1H3,(H,16,20)(H,17,19,21)/t9-/m1/s1. The van der Waals surface area contributed by atoms with E-state index in [1.807, 2.05) is 19.1 Å². The maximum Gasteiger partial charge on any atom is 0.328 e. The molecule has 1 heterocycles. The largest absolute Gasteiger partial charge is 0.348 e. The summed E-state index contributed by atoms with van der Waals surface area (Å²) >= 11 is 5.81. The molecule has 0 aliphatic carbocycles. The molecule has 1 amide bonds. The zero-order chi connectivity index (χ0) is 15.4. The number of aromatic nitrogens is 2. The molecule has 0 saturated heterocycles. The van der Waals surface area contributed by atoms with E-state index in [1.165, 1.54) is 12.3 Å². The second-order valence-electron chi connectivity index (χ2n) is 4.58. The number of aromatic amines is 1. The molecule has 2 rings (SSSR count). The molecular weight excluding hydrogens is 294 g/mol. The SMILES string of the molecule is C[C@@H](NC(=O)Cn1ccc(=O)[nH]c1=O)c1ccc(Cl)cc1. The van der Waals surface area contributed by atoms with Crippen LogP contribution in [0, 0.1) is 0 Å². The number of nitrogens with one attached hydrogen (secondary N) is 2. The maximum atomic E-state index is 11.9. The summed E-state index contributed by atoms with van der Waals surface area (Å²) in [6.45, 7) is 1.67. The van der Waals surface area contributed by atoms with Crippen molar-refractivity contribution in [3.05, 3.63) is 68.0 Å². The molecule has 1 aromatic carbocycles. The third-order valence-corrected chi connectivity index (χ3v) is 3.21. The minimum atomic E-state index is -0.614. The molecule has 0 aliphatic heterocycles. The van der Waals surface area contributed by atoms with Crippen molar-refractivity contribution in [3.63, 3.8) is 0 Å². The summed E-state index contributed by atoms with van der Waals surface area (Å²) < 4.78 is 1.13. The van der Waals surface area contributed by atoms with E-state index in [0.29, 0.717) is 5.02 Å². The van der Waals surface area contributed by atoms with Gasteiger partial charge in [-0.3, -0.25) is 19.1 Å². The van der Waals surface area contributed by atoms with Gasteiger partial charge in [-0.05, 0) is 24.6 Å². The highest BCUT2D eigenvalue weighted by molar-refractivity contribution is 6.30. The summed E-state index contributed by atoms with van der Waals surface area (Å²) in [7, 11) is 0.